The van der Waals surface area contributed by atoms with Crippen molar-refractivity contribution in [3.63, 3.8) is 0 Å². The van der Waals surface area contributed by atoms with Crippen molar-refractivity contribution < 1.29 is 14.3 Å². The van der Waals surface area contributed by atoms with Crippen molar-refractivity contribution in [2.75, 3.05) is 13.2 Å². The SMILES string of the molecule is CCC(NC(=O)c1csc(CN)n1)c1ccc2c(c1)OCCO2.Cl. The highest BCUT2D eigenvalue weighted by Gasteiger charge is 2.19. The first-order valence-electron chi connectivity index (χ1n) is 7.56. The van der Waals surface area contributed by atoms with E-state index < -0.39 is 0 Å². The van der Waals surface area contributed by atoms with Crippen molar-refractivity contribution in [2.24, 2.45) is 5.73 Å². The molecule has 0 radical (unpaired) electrons. The number of nitrogens with one attached hydrogen (secondary N) is 1. The van der Waals surface area contributed by atoms with Crippen molar-refractivity contribution in [2.45, 2.75) is 25.9 Å². The molecule has 1 aliphatic heterocycles. The molecule has 1 aromatic carbocycles. The van der Waals surface area contributed by atoms with Gasteiger partial charge in [0.2, 0.25) is 0 Å². The van der Waals surface area contributed by atoms with Gasteiger partial charge in [0.15, 0.2) is 11.5 Å². The molecular formula is C16H20ClN3O3S. The van der Waals surface area contributed by atoms with Crippen LogP contribution in [0.4, 0.5) is 0 Å². The van der Waals surface area contributed by atoms with Crippen LogP contribution < -0.4 is 20.5 Å². The molecule has 8 heteroatoms. The zero-order chi connectivity index (χ0) is 16.2. The molecule has 3 rings (SSSR count). The maximum absolute atomic E-state index is 12.3. The number of hydrogen-bond donors (Lipinski definition) is 2. The van der Waals surface area contributed by atoms with Gasteiger partial charge in [-0.15, -0.1) is 23.7 Å². The highest BCUT2D eigenvalue weighted by molar-refractivity contribution is 7.09. The molecule has 3 N–H and O–H groups in total. The van der Waals surface area contributed by atoms with Crippen molar-refractivity contribution in [3.05, 3.63) is 39.8 Å². The molecule has 130 valence electrons. The Bertz CT molecular complexity index is 708. The number of amides is 1. The first kappa shape index (κ1) is 18.5. The lowest BCUT2D eigenvalue weighted by Gasteiger charge is -2.22. The van der Waals surface area contributed by atoms with Crippen LogP contribution in [0.25, 0.3) is 0 Å². The molecule has 1 amide bonds. The van der Waals surface area contributed by atoms with Gasteiger partial charge in [0, 0.05) is 11.9 Å². The molecule has 1 unspecified atom stereocenters. The van der Waals surface area contributed by atoms with Gasteiger partial charge in [-0.25, -0.2) is 4.98 Å². The van der Waals surface area contributed by atoms with Crippen molar-refractivity contribution in [3.8, 4) is 11.5 Å². The molecule has 24 heavy (non-hydrogen) atoms. The molecule has 1 aromatic heterocycles. The molecule has 1 atom stereocenters. The second-order valence-corrected chi connectivity index (χ2v) is 6.11. The summed E-state index contributed by atoms with van der Waals surface area (Å²) in [6, 6.07) is 5.65. The third kappa shape index (κ3) is 3.98. The Labute approximate surface area is 150 Å². The lowest BCUT2D eigenvalue weighted by atomic mass is 10.0. The number of hydrogen-bond acceptors (Lipinski definition) is 6. The van der Waals surface area contributed by atoms with E-state index >= 15 is 0 Å². The van der Waals surface area contributed by atoms with E-state index in [1.807, 2.05) is 25.1 Å². The molecule has 0 fully saturated rings. The number of nitrogens with zero attached hydrogens (tertiary/aromatic N) is 1. The van der Waals surface area contributed by atoms with Gasteiger partial charge in [0.25, 0.3) is 5.91 Å². The zero-order valence-electron chi connectivity index (χ0n) is 13.3. The fourth-order valence-electron chi connectivity index (χ4n) is 2.44. The summed E-state index contributed by atoms with van der Waals surface area (Å²) in [5, 5.41) is 5.49. The van der Waals surface area contributed by atoms with Crippen LogP contribution in [-0.4, -0.2) is 24.1 Å². The number of benzene rings is 1. The van der Waals surface area contributed by atoms with E-state index in [0.29, 0.717) is 25.5 Å². The molecule has 0 saturated carbocycles. The van der Waals surface area contributed by atoms with Gasteiger partial charge in [0.05, 0.1) is 6.04 Å². The van der Waals surface area contributed by atoms with Crippen LogP contribution >= 0.6 is 23.7 Å². The van der Waals surface area contributed by atoms with Crippen LogP contribution in [-0.2, 0) is 6.54 Å². The van der Waals surface area contributed by atoms with Crippen LogP contribution in [0.2, 0.25) is 0 Å². The molecule has 0 bridgehead atoms. The topological polar surface area (TPSA) is 86.5 Å². The molecule has 0 spiro atoms. The number of halogens is 1. The predicted octanol–water partition coefficient (Wildman–Crippen LogP) is 2.68. The van der Waals surface area contributed by atoms with Gasteiger partial charge in [-0.3, -0.25) is 4.79 Å². The third-order valence-corrected chi connectivity index (χ3v) is 4.51. The minimum Gasteiger partial charge on any atom is -0.486 e. The zero-order valence-corrected chi connectivity index (χ0v) is 14.9. The smallest absolute Gasteiger partial charge is 0.271 e. The van der Waals surface area contributed by atoms with E-state index in [4.69, 9.17) is 15.2 Å². The van der Waals surface area contributed by atoms with Gasteiger partial charge >= 0.3 is 0 Å². The Balaban J connectivity index is 0.00000208. The van der Waals surface area contributed by atoms with Crippen LogP contribution in [0.5, 0.6) is 11.5 Å². The summed E-state index contributed by atoms with van der Waals surface area (Å²) in [5.74, 6) is 1.27. The largest absolute Gasteiger partial charge is 0.486 e. The minimum atomic E-state index is -0.192. The second kappa shape index (κ2) is 8.32. The highest BCUT2D eigenvalue weighted by atomic mass is 35.5. The van der Waals surface area contributed by atoms with E-state index in [1.165, 1.54) is 11.3 Å². The van der Waals surface area contributed by atoms with Gasteiger partial charge in [-0.2, -0.15) is 0 Å². The van der Waals surface area contributed by atoms with Crippen molar-refractivity contribution >= 4 is 29.7 Å². The second-order valence-electron chi connectivity index (χ2n) is 5.17. The highest BCUT2D eigenvalue weighted by Crippen LogP contribution is 2.33. The summed E-state index contributed by atoms with van der Waals surface area (Å²) in [5.41, 5.74) is 6.93. The Kier molecular flexibility index (Phi) is 6.42. The van der Waals surface area contributed by atoms with Gasteiger partial charge in [0.1, 0.15) is 23.9 Å². The molecule has 0 aliphatic carbocycles. The summed E-state index contributed by atoms with van der Waals surface area (Å²) in [6.07, 6.45) is 0.763. The van der Waals surface area contributed by atoms with Gasteiger partial charge in [-0.1, -0.05) is 13.0 Å². The maximum Gasteiger partial charge on any atom is 0.271 e. The van der Waals surface area contributed by atoms with E-state index in [-0.39, 0.29) is 24.4 Å². The standard InChI is InChI=1S/C16H19N3O3S.ClH/c1-2-11(19-16(20)12-9-23-15(8-17)18-12)10-3-4-13-14(7-10)22-6-5-21-13;/h3-4,7,9,11H,2,5-6,8,17H2,1H3,(H,19,20);1H. The number of ether oxygens (including phenoxy) is 2. The average molecular weight is 370 g/mol. The normalized spacial score (nSPS) is 13.8. The number of fused-ring (bicyclic) bond motifs is 1. The predicted molar refractivity (Wildman–Crippen MR) is 95.2 cm³/mol. The van der Waals surface area contributed by atoms with Crippen molar-refractivity contribution in [1.29, 1.82) is 0 Å². The molecular weight excluding hydrogens is 350 g/mol. The van der Waals surface area contributed by atoms with Crippen LogP contribution in [0.15, 0.2) is 23.6 Å². The Morgan fingerprint density at radius 1 is 1.38 bits per heavy atom. The maximum atomic E-state index is 12.3. The summed E-state index contributed by atoms with van der Waals surface area (Å²) in [7, 11) is 0. The Morgan fingerprint density at radius 3 is 2.79 bits per heavy atom. The minimum absolute atomic E-state index is 0. The average Bonchev–Trinajstić information content (AvgIpc) is 3.08. The molecule has 2 heterocycles. The van der Waals surface area contributed by atoms with E-state index in [2.05, 4.69) is 10.3 Å². The van der Waals surface area contributed by atoms with Gasteiger partial charge < -0.3 is 20.5 Å². The van der Waals surface area contributed by atoms with Crippen LogP contribution in [0.1, 0.15) is 40.4 Å². The Hall–Kier alpha value is -1.83. The van der Waals surface area contributed by atoms with E-state index in [0.717, 1.165) is 28.5 Å². The van der Waals surface area contributed by atoms with Gasteiger partial charge in [-0.05, 0) is 24.1 Å². The number of thiazole rings is 1. The fourth-order valence-corrected chi connectivity index (χ4v) is 3.09. The van der Waals surface area contributed by atoms with E-state index in [9.17, 15) is 4.79 Å². The van der Waals surface area contributed by atoms with Crippen LogP contribution in [0, 0.1) is 0 Å². The molecule has 6 nitrogen and oxygen atoms in total. The molecule has 0 saturated heterocycles. The number of nitrogens with two attached hydrogens (primary N) is 1. The number of aromatic nitrogens is 1. The summed E-state index contributed by atoms with van der Waals surface area (Å²) in [6.45, 7) is 3.47. The van der Waals surface area contributed by atoms with Crippen molar-refractivity contribution in [1.82, 2.24) is 10.3 Å². The summed E-state index contributed by atoms with van der Waals surface area (Å²) in [4.78, 5) is 16.6. The first-order chi connectivity index (χ1) is 11.2. The van der Waals surface area contributed by atoms with Crippen LogP contribution in [0.3, 0.4) is 0 Å². The summed E-state index contributed by atoms with van der Waals surface area (Å²) >= 11 is 1.39. The number of carbonyl (C=O) groups is 1. The monoisotopic (exact) mass is 369 g/mol. The lowest BCUT2D eigenvalue weighted by molar-refractivity contribution is 0.0931. The Morgan fingerprint density at radius 2 is 2.12 bits per heavy atom. The number of rotatable bonds is 5. The van der Waals surface area contributed by atoms with E-state index in [1.54, 1.807) is 5.38 Å². The number of carbonyl (C=O) groups excluding carboxylic acids is 1. The molecule has 1 aliphatic rings. The fraction of sp³-hybridized carbons (Fsp3) is 0.375. The summed E-state index contributed by atoms with van der Waals surface area (Å²) < 4.78 is 11.1. The first-order valence-corrected chi connectivity index (χ1v) is 8.44. The third-order valence-electron chi connectivity index (χ3n) is 3.64. The quantitative estimate of drug-likeness (QED) is 0.846. The molecule has 2 aromatic rings. The lowest BCUT2D eigenvalue weighted by Crippen LogP contribution is -2.28.